The summed E-state index contributed by atoms with van der Waals surface area (Å²) in [5.74, 6) is 0.552. The summed E-state index contributed by atoms with van der Waals surface area (Å²) in [7, 11) is 0. The number of piperidine rings is 1. The number of nitriles is 1. The molecule has 1 N–H and O–H groups in total. The highest BCUT2D eigenvalue weighted by Gasteiger charge is 2.26. The molecular formula is C19H19BrN4O. The maximum Gasteiger partial charge on any atom is 0.229 e. The minimum absolute atomic E-state index is 0.0188. The van der Waals surface area contributed by atoms with Crippen molar-refractivity contribution in [3.63, 3.8) is 0 Å². The lowest BCUT2D eigenvalue weighted by molar-refractivity contribution is -0.121. The Morgan fingerprint density at radius 3 is 3.04 bits per heavy atom. The molecule has 2 heterocycles. The van der Waals surface area contributed by atoms with Crippen molar-refractivity contribution in [3.05, 3.63) is 58.2 Å². The molecule has 0 aliphatic carbocycles. The normalized spacial score (nSPS) is 17.7. The Kier molecular flexibility index (Phi) is 5.79. The summed E-state index contributed by atoms with van der Waals surface area (Å²) < 4.78 is 0.883. The fourth-order valence-electron chi connectivity index (χ4n) is 3.09. The Morgan fingerprint density at radius 2 is 2.28 bits per heavy atom. The molecule has 0 radical (unpaired) electrons. The number of nitrogens with one attached hydrogen (secondary N) is 1. The van der Waals surface area contributed by atoms with Gasteiger partial charge in [-0.25, -0.2) is 4.98 Å². The number of carbonyl (C=O) groups is 1. The van der Waals surface area contributed by atoms with Gasteiger partial charge in [-0.1, -0.05) is 12.1 Å². The molecular weight excluding hydrogens is 380 g/mol. The number of halogens is 1. The third-order valence-electron chi connectivity index (χ3n) is 4.32. The van der Waals surface area contributed by atoms with Gasteiger partial charge in [0.2, 0.25) is 5.91 Å². The van der Waals surface area contributed by atoms with E-state index in [0.29, 0.717) is 11.4 Å². The number of pyridine rings is 1. The fourth-order valence-corrected chi connectivity index (χ4v) is 3.32. The van der Waals surface area contributed by atoms with Gasteiger partial charge in [0.15, 0.2) is 0 Å². The minimum Gasteiger partial charge on any atom is -0.310 e. The molecule has 1 amide bonds. The van der Waals surface area contributed by atoms with Gasteiger partial charge in [-0.15, -0.1) is 0 Å². The van der Waals surface area contributed by atoms with Crippen molar-refractivity contribution in [2.75, 3.05) is 18.4 Å². The molecule has 1 aromatic heterocycles. The lowest BCUT2D eigenvalue weighted by Crippen LogP contribution is -2.40. The number of hydrogen-bond acceptors (Lipinski definition) is 4. The smallest absolute Gasteiger partial charge is 0.229 e. The van der Waals surface area contributed by atoms with Gasteiger partial charge in [0.1, 0.15) is 5.82 Å². The van der Waals surface area contributed by atoms with E-state index in [0.717, 1.165) is 42.5 Å². The third kappa shape index (κ3) is 4.88. The second kappa shape index (κ2) is 8.24. The molecule has 1 aliphatic heterocycles. The zero-order valence-electron chi connectivity index (χ0n) is 13.8. The molecule has 1 aromatic carbocycles. The topological polar surface area (TPSA) is 69.0 Å². The van der Waals surface area contributed by atoms with Gasteiger partial charge in [0.05, 0.1) is 17.6 Å². The van der Waals surface area contributed by atoms with Crippen LogP contribution in [0.1, 0.15) is 24.0 Å². The first-order valence-corrected chi connectivity index (χ1v) is 9.07. The lowest BCUT2D eigenvalue weighted by atomic mass is 9.96. The van der Waals surface area contributed by atoms with Crippen LogP contribution in [0, 0.1) is 17.2 Å². The van der Waals surface area contributed by atoms with Gasteiger partial charge in [-0.2, -0.15) is 5.26 Å². The maximum atomic E-state index is 12.5. The molecule has 2 aromatic rings. The van der Waals surface area contributed by atoms with Gasteiger partial charge in [-0.3, -0.25) is 9.69 Å². The first-order chi connectivity index (χ1) is 12.1. The van der Waals surface area contributed by atoms with Crippen molar-refractivity contribution >= 4 is 27.7 Å². The van der Waals surface area contributed by atoms with Gasteiger partial charge in [0, 0.05) is 23.8 Å². The minimum atomic E-state index is -0.0432. The Bertz CT molecular complexity index is 785. The second-order valence-electron chi connectivity index (χ2n) is 6.24. The van der Waals surface area contributed by atoms with Crippen LogP contribution in [0.3, 0.4) is 0 Å². The third-order valence-corrected chi connectivity index (χ3v) is 4.79. The van der Waals surface area contributed by atoms with E-state index in [-0.39, 0.29) is 11.8 Å². The number of likely N-dealkylation sites (tertiary alicyclic amines) is 1. The quantitative estimate of drug-likeness (QED) is 0.854. The van der Waals surface area contributed by atoms with Crippen molar-refractivity contribution < 1.29 is 4.79 Å². The van der Waals surface area contributed by atoms with Crippen LogP contribution >= 0.6 is 15.9 Å². The van der Waals surface area contributed by atoms with E-state index in [1.807, 2.05) is 24.3 Å². The lowest BCUT2D eigenvalue weighted by Gasteiger charge is -2.32. The average Bonchev–Trinajstić information content (AvgIpc) is 2.64. The van der Waals surface area contributed by atoms with E-state index in [4.69, 9.17) is 5.26 Å². The molecule has 3 rings (SSSR count). The number of nitrogens with zero attached hydrogens (tertiary/aromatic N) is 3. The molecule has 1 saturated heterocycles. The van der Waals surface area contributed by atoms with Crippen LogP contribution in [0.2, 0.25) is 0 Å². The van der Waals surface area contributed by atoms with Gasteiger partial charge in [0.25, 0.3) is 0 Å². The molecule has 25 heavy (non-hydrogen) atoms. The van der Waals surface area contributed by atoms with E-state index in [2.05, 4.69) is 37.2 Å². The van der Waals surface area contributed by atoms with E-state index < -0.39 is 0 Å². The van der Waals surface area contributed by atoms with Crippen LogP contribution in [0.5, 0.6) is 0 Å². The average molecular weight is 399 g/mol. The number of rotatable bonds is 4. The van der Waals surface area contributed by atoms with Crippen LogP contribution in [-0.2, 0) is 11.3 Å². The summed E-state index contributed by atoms with van der Waals surface area (Å²) in [6.45, 7) is 2.45. The molecule has 1 atom stereocenters. The van der Waals surface area contributed by atoms with E-state index in [1.54, 1.807) is 18.3 Å². The molecule has 0 bridgehead atoms. The molecule has 1 aliphatic rings. The maximum absolute atomic E-state index is 12.5. The van der Waals surface area contributed by atoms with Crippen molar-refractivity contribution in [2.45, 2.75) is 19.4 Å². The molecule has 0 spiro atoms. The predicted octanol–water partition coefficient (Wildman–Crippen LogP) is 3.57. The zero-order valence-corrected chi connectivity index (χ0v) is 15.4. The number of benzene rings is 1. The molecule has 5 nitrogen and oxygen atoms in total. The van der Waals surface area contributed by atoms with Crippen LogP contribution in [0.15, 0.2) is 47.1 Å². The number of anilines is 1. The number of aromatic nitrogens is 1. The highest BCUT2D eigenvalue weighted by atomic mass is 79.9. The second-order valence-corrected chi connectivity index (χ2v) is 7.15. The van der Waals surface area contributed by atoms with Crippen molar-refractivity contribution in [3.8, 4) is 6.07 Å². The number of carbonyl (C=O) groups excluding carboxylic acids is 1. The summed E-state index contributed by atoms with van der Waals surface area (Å²) in [6.07, 6.45) is 3.55. The van der Waals surface area contributed by atoms with Crippen LogP contribution in [0.25, 0.3) is 0 Å². The SMILES string of the molecule is N#Cc1cccc(CN2CCC[C@H](C(=O)Nc3ccc(Br)cn3)C2)c1. The molecule has 6 heteroatoms. The van der Waals surface area contributed by atoms with Gasteiger partial charge >= 0.3 is 0 Å². The summed E-state index contributed by atoms with van der Waals surface area (Å²) in [5, 5.41) is 11.9. The molecule has 128 valence electrons. The van der Waals surface area contributed by atoms with E-state index in [9.17, 15) is 4.79 Å². The number of hydrogen-bond donors (Lipinski definition) is 1. The zero-order chi connectivity index (χ0) is 17.6. The molecule has 0 saturated carbocycles. The van der Waals surface area contributed by atoms with Crippen LogP contribution < -0.4 is 5.32 Å². The van der Waals surface area contributed by atoms with Crippen molar-refractivity contribution in [1.29, 1.82) is 5.26 Å². The Hall–Kier alpha value is -2.23. The Balaban J connectivity index is 1.59. The van der Waals surface area contributed by atoms with E-state index in [1.165, 1.54) is 0 Å². The molecule has 1 fully saturated rings. The summed E-state index contributed by atoms with van der Waals surface area (Å²) in [6, 6.07) is 13.5. The monoisotopic (exact) mass is 398 g/mol. The van der Waals surface area contributed by atoms with Crippen LogP contribution in [0.4, 0.5) is 5.82 Å². The Morgan fingerprint density at radius 1 is 1.40 bits per heavy atom. The molecule has 0 unspecified atom stereocenters. The van der Waals surface area contributed by atoms with Crippen molar-refractivity contribution in [2.24, 2.45) is 5.92 Å². The van der Waals surface area contributed by atoms with Gasteiger partial charge < -0.3 is 5.32 Å². The highest BCUT2D eigenvalue weighted by Crippen LogP contribution is 2.21. The van der Waals surface area contributed by atoms with Crippen molar-refractivity contribution in [1.82, 2.24) is 9.88 Å². The Labute approximate surface area is 155 Å². The largest absolute Gasteiger partial charge is 0.310 e. The van der Waals surface area contributed by atoms with Crippen LogP contribution in [-0.4, -0.2) is 28.9 Å². The number of amides is 1. The fraction of sp³-hybridized carbons (Fsp3) is 0.316. The highest BCUT2D eigenvalue weighted by molar-refractivity contribution is 9.10. The first kappa shape index (κ1) is 17.6. The predicted molar refractivity (Wildman–Crippen MR) is 99.7 cm³/mol. The van der Waals surface area contributed by atoms with E-state index >= 15 is 0 Å². The summed E-state index contributed by atoms with van der Waals surface area (Å²) in [4.78, 5) is 19.0. The summed E-state index contributed by atoms with van der Waals surface area (Å²) >= 11 is 3.34. The van der Waals surface area contributed by atoms with Gasteiger partial charge in [-0.05, 0) is 65.1 Å². The first-order valence-electron chi connectivity index (χ1n) is 8.28. The standard InChI is InChI=1S/C19H19BrN4O/c20-17-6-7-18(22-11-17)23-19(25)16-5-2-8-24(13-16)12-15-4-1-3-14(9-15)10-21/h1,3-4,6-7,9,11,16H,2,5,8,12-13H2,(H,22,23,25)/t16-/m0/s1. The summed E-state index contributed by atoms with van der Waals surface area (Å²) in [5.41, 5.74) is 1.78.